The van der Waals surface area contributed by atoms with Gasteiger partial charge in [-0.25, -0.2) is 13.4 Å². The Kier molecular flexibility index (Phi) is 5.97. The van der Waals surface area contributed by atoms with Gasteiger partial charge >= 0.3 is 0 Å². The number of carbonyl (C=O) groups excluding carboxylic acids is 1. The molecule has 0 bridgehead atoms. The fourth-order valence-electron chi connectivity index (χ4n) is 2.68. The quantitative estimate of drug-likeness (QED) is 0.625. The number of hydrogen-bond donors (Lipinski definition) is 1. The molecule has 0 spiro atoms. The van der Waals surface area contributed by atoms with Crippen molar-refractivity contribution in [1.29, 1.82) is 0 Å². The van der Waals surface area contributed by atoms with E-state index in [0.29, 0.717) is 35.2 Å². The second-order valence-corrected chi connectivity index (χ2v) is 8.81. The van der Waals surface area contributed by atoms with E-state index < -0.39 is 10.0 Å². The molecule has 9 heteroatoms. The molecule has 1 aromatic carbocycles. The lowest BCUT2D eigenvalue weighted by molar-refractivity contribution is 0.102. The van der Waals surface area contributed by atoms with Gasteiger partial charge in [-0.05, 0) is 43.3 Å². The summed E-state index contributed by atoms with van der Waals surface area (Å²) < 4.78 is 31.9. The standard InChI is InChI=1S/C19H21N3O4S2/c1-4-22(5-2)28(24,25)15-9-7-14(8-10-15)18(23)21-19-20-16(12-27-19)17-11-6-13(3)26-17/h6-12H,4-5H2,1-3H3,(H,20,21,23). The van der Waals surface area contributed by atoms with Crippen molar-refractivity contribution in [2.45, 2.75) is 25.7 Å². The fourth-order valence-corrected chi connectivity index (χ4v) is 4.83. The van der Waals surface area contributed by atoms with Crippen LogP contribution >= 0.6 is 11.3 Å². The number of furan rings is 1. The van der Waals surface area contributed by atoms with Gasteiger partial charge in [0, 0.05) is 24.0 Å². The van der Waals surface area contributed by atoms with Gasteiger partial charge in [-0.1, -0.05) is 13.8 Å². The average molecular weight is 420 g/mol. The van der Waals surface area contributed by atoms with Crippen molar-refractivity contribution >= 4 is 32.4 Å². The van der Waals surface area contributed by atoms with Gasteiger partial charge in [0.2, 0.25) is 10.0 Å². The maximum absolute atomic E-state index is 12.5. The molecule has 3 aromatic rings. The lowest BCUT2D eigenvalue weighted by atomic mass is 10.2. The molecule has 0 fully saturated rings. The number of amides is 1. The third-order valence-electron chi connectivity index (χ3n) is 4.18. The molecule has 0 saturated carbocycles. The van der Waals surface area contributed by atoms with Crippen molar-refractivity contribution in [2.75, 3.05) is 18.4 Å². The highest BCUT2D eigenvalue weighted by Gasteiger charge is 2.21. The van der Waals surface area contributed by atoms with Crippen LogP contribution in [0.2, 0.25) is 0 Å². The number of aromatic nitrogens is 1. The van der Waals surface area contributed by atoms with Crippen LogP contribution in [0.15, 0.2) is 51.1 Å². The second-order valence-electron chi connectivity index (χ2n) is 6.02. The van der Waals surface area contributed by atoms with Crippen molar-refractivity contribution in [3.8, 4) is 11.5 Å². The number of hydrogen-bond acceptors (Lipinski definition) is 6. The Balaban J connectivity index is 1.73. The van der Waals surface area contributed by atoms with E-state index in [-0.39, 0.29) is 10.8 Å². The topological polar surface area (TPSA) is 92.5 Å². The Morgan fingerprint density at radius 2 is 1.82 bits per heavy atom. The van der Waals surface area contributed by atoms with Gasteiger partial charge in [-0.2, -0.15) is 4.31 Å². The number of nitrogens with one attached hydrogen (secondary N) is 1. The van der Waals surface area contributed by atoms with Crippen LogP contribution in [0.4, 0.5) is 5.13 Å². The number of carbonyl (C=O) groups is 1. The summed E-state index contributed by atoms with van der Waals surface area (Å²) in [5.74, 6) is 1.07. The Morgan fingerprint density at radius 1 is 1.14 bits per heavy atom. The molecule has 7 nitrogen and oxygen atoms in total. The van der Waals surface area contributed by atoms with E-state index in [1.165, 1.54) is 39.9 Å². The molecule has 148 valence electrons. The molecular formula is C19H21N3O4S2. The Labute approximate surface area is 168 Å². The lowest BCUT2D eigenvalue weighted by Crippen LogP contribution is -2.30. The van der Waals surface area contributed by atoms with E-state index in [1.54, 1.807) is 19.2 Å². The summed E-state index contributed by atoms with van der Waals surface area (Å²) in [6.45, 7) is 6.21. The van der Waals surface area contributed by atoms with Crippen molar-refractivity contribution in [3.05, 3.63) is 53.1 Å². The van der Waals surface area contributed by atoms with Crippen molar-refractivity contribution in [2.24, 2.45) is 0 Å². The first-order valence-electron chi connectivity index (χ1n) is 8.79. The van der Waals surface area contributed by atoms with Crippen LogP contribution in [0.25, 0.3) is 11.5 Å². The third-order valence-corrected chi connectivity index (χ3v) is 7.00. The summed E-state index contributed by atoms with van der Waals surface area (Å²) in [7, 11) is -3.55. The first kappa shape index (κ1) is 20.2. The summed E-state index contributed by atoms with van der Waals surface area (Å²) in [5, 5.41) is 4.96. The minimum Gasteiger partial charge on any atom is -0.460 e. The molecule has 2 aromatic heterocycles. The number of sulfonamides is 1. The van der Waals surface area contributed by atoms with E-state index in [2.05, 4.69) is 10.3 Å². The Bertz CT molecular complexity index is 1060. The Morgan fingerprint density at radius 3 is 2.39 bits per heavy atom. The first-order chi connectivity index (χ1) is 13.3. The SMILES string of the molecule is CCN(CC)S(=O)(=O)c1ccc(C(=O)Nc2nc(-c3ccc(C)o3)cs2)cc1. The van der Waals surface area contributed by atoms with E-state index in [4.69, 9.17) is 4.42 Å². The van der Waals surface area contributed by atoms with Crippen LogP contribution in [-0.4, -0.2) is 36.7 Å². The van der Waals surface area contributed by atoms with Gasteiger partial charge in [-0.15, -0.1) is 11.3 Å². The molecule has 1 amide bonds. The molecule has 28 heavy (non-hydrogen) atoms. The van der Waals surface area contributed by atoms with Crippen LogP contribution in [-0.2, 0) is 10.0 Å². The van der Waals surface area contributed by atoms with Crippen LogP contribution in [0, 0.1) is 6.92 Å². The smallest absolute Gasteiger partial charge is 0.257 e. The molecule has 0 atom stereocenters. The number of thiazole rings is 1. The number of nitrogens with zero attached hydrogens (tertiary/aromatic N) is 2. The molecule has 0 radical (unpaired) electrons. The highest BCUT2D eigenvalue weighted by atomic mass is 32.2. The molecule has 3 rings (SSSR count). The number of aryl methyl sites for hydroxylation is 1. The second kappa shape index (κ2) is 8.26. The zero-order chi connectivity index (χ0) is 20.3. The summed E-state index contributed by atoms with van der Waals surface area (Å²) in [4.78, 5) is 17.0. The van der Waals surface area contributed by atoms with Crippen LogP contribution in [0.1, 0.15) is 30.0 Å². The average Bonchev–Trinajstić information content (AvgIpc) is 3.31. The monoisotopic (exact) mass is 419 g/mol. The van der Waals surface area contributed by atoms with E-state index in [0.717, 1.165) is 5.76 Å². The minimum absolute atomic E-state index is 0.164. The van der Waals surface area contributed by atoms with Gasteiger partial charge in [0.25, 0.3) is 5.91 Å². The van der Waals surface area contributed by atoms with Gasteiger partial charge in [0.15, 0.2) is 10.9 Å². The summed E-state index contributed by atoms with van der Waals surface area (Å²) in [6.07, 6.45) is 0. The molecule has 0 unspecified atom stereocenters. The minimum atomic E-state index is -3.55. The van der Waals surface area contributed by atoms with Gasteiger partial charge in [0.05, 0.1) is 4.90 Å². The van der Waals surface area contributed by atoms with Gasteiger partial charge in [-0.3, -0.25) is 10.1 Å². The molecule has 0 saturated heterocycles. The maximum Gasteiger partial charge on any atom is 0.257 e. The predicted molar refractivity (Wildman–Crippen MR) is 109 cm³/mol. The fraction of sp³-hybridized carbons (Fsp3) is 0.263. The maximum atomic E-state index is 12.5. The van der Waals surface area contributed by atoms with E-state index in [1.807, 2.05) is 19.1 Å². The largest absolute Gasteiger partial charge is 0.460 e. The molecule has 0 aliphatic rings. The predicted octanol–water partition coefficient (Wildman–Crippen LogP) is 3.99. The van der Waals surface area contributed by atoms with Crippen LogP contribution < -0.4 is 5.32 Å². The highest BCUT2D eigenvalue weighted by molar-refractivity contribution is 7.89. The summed E-state index contributed by atoms with van der Waals surface area (Å²) >= 11 is 1.29. The van der Waals surface area contributed by atoms with Crippen LogP contribution in [0.5, 0.6) is 0 Å². The Hall–Kier alpha value is -2.49. The zero-order valence-electron chi connectivity index (χ0n) is 15.8. The van der Waals surface area contributed by atoms with E-state index in [9.17, 15) is 13.2 Å². The zero-order valence-corrected chi connectivity index (χ0v) is 17.4. The molecular weight excluding hydrogens is 398 g/mol. The molecule has 1 N–H and O–H groups in total. The molecule has 0 aliphatic heterocycles. The number of anilines is 1. The van der Waals surface area contributed by atoms with Gasteiger partial charge < -0.3 is 4.42 Å². The molecule has 2 heterocycles. The van der Waals surface area contributed by atoms with Crippen molar-refractivity contribution in [3.63, 3.8) is 0 Å². The highest BCUT2D eigenvalue weighted by Crippen LogP contribution is 2.26. The van der Waals surface area contributed by atoms with Crippen LogP contribution in [0.3, 0.4) is 0 Å². The lowest BCUT2D eigenvalue weighted by Gasteiger charge is -2.18. The van der Waals surface area contributed by atoms with Crippen molar-refractivity contribution < 1.29 is 17.6 Å². The van der Waals surface area contributed by atoms with E-state index >= 15 is 0 Å². The number of rotatable bonds is 7. The summed E-state index contributed by atoms with van der Waals surface area (Å²) in [5.41, 5.74) is 0.998. The summed E-state index contributed by atoms with van der Waals surface area (Å²) in [6, 6.07) is 9.56. The first-order valence-corrected chi connectivity index (χ1v) is 11.1. The third kappa shape index (κ3) is 4.16. The van der Waals surface area contributed by atoms with Crippen molar-refractivity contribution in [1.82, 2.24) is 9.29 Å². The molecule has 0 aliphatic carbocycles. The number of benzene rings is 1. The normalized spacial score (nSPS) is 11.7. The van der Waals surface area contributed by atoms with Gasteiger partial charge in [0.1, 0.15) is 11.5 Å².